The van der Waals surface area contributed by atoms with Gasteiger partial charge in [-0.3, -0.25) is 0 Å². The first-order valence-corrected chi connectivity index (χ1v) is 6.95. The van der Waals surface area contributed by atoms with E-state index >= 15 is 0 Å². The van der Waals surface area contributed by atoms with Crippen LogP contribution in [0.4, 0.5) is 5.82 Å². The van der Waals surface area contributed by atoms with Crippen LogP contribution in [0.5, 0.6) is 0 Å². The zero-order valence-corrected chi connectivity index (χ0v) is 13.0. The van der Waals surface area contributed by atoms with Gasteiger partial charge in [0, 0.05) is 24.1 Å². The third kappa shape index (κ3) is 3.84. The van der Waals surface area contributed by atoms with Crippen molar-refractivity contribution in [1.82, 2.24) is 9.97 Å². The van der Waals surface area contributed by atoms with Gasteiger partial charge in [0.05, 0.1) is 0 Å². The molecule has 102 valence electrons. The van der Waals surface area contributed by atoms with E-state index in [1.165, 1.54) is 0 Å². The van der Waals surface area contributed by atoms with E-state index in [2.05, 4.69) is 56.4 Å². The molecule has 0 aliphatic carbocycles. The van der Waals surface area contributed by atoms with Gasteiger partial charge in [-0.15, -0.1) is 0 Å². The minimum absolute atomic E-state index is 0.0888. The second-order valence-electron chi connectivity index (χ2n) is 5.91. The van der Waals surface area contributed by atoms with Crippen molar-refractivity contribution in [1.29, 1.82) is 0 Å². The molecule has 0 saturated heterocycles. The Hall–Kier alpha value is -0.830. The van der Waals surface area contributed by atoms with Gasteiger partial charge in [-0.1, -0.05) is 39.3 Å². The molecule has 0 radical (unpaired) electrons. The van der Waals surface area contributed by atoms with Crippen LogP contribution >= 0.6 is 11.6 Å². The van der Waals surface area contributed by atoms with Crippen LogP contribution in [-0.2, 0) is 5.41 Å². The number of halogens is 1. The van der Waals surface area contributed by atoms with Gasteiger partial charge in [0.25, 0.3) is 0 Å². The Morgan fingerprint density at radius 2 is 1.89 bits per heavy atom. The average Bonchev–Trinajstić information content (AvgIpc) is 2.23. The normalized spacial score (nSPS) is 12.0. The Kier molecular flexibility index (Phi) is 4.97. The Balaban J connectivity index is 3.19. The second kappa shape index (κ2) is 5.87. The van der Waals surface area contributed by atoms with Crippen molar-refractivity contribution in [2.45, 2.75) is 59.4 Å². The van der Waals surface area contributed by atoms with Gasteiger partial charge in [-0.25, -0.2) is 9.97 Å². The van der Waals surface area contributed by atoms with Crippen molar-refractivity contribution < 1.29 is 0 Å². The molecule has 0 N–H and O–H groups in total. The zero-order valence-electron chi connectivity index (χ0n) is 12.3. The predicted molar refractivity (Wildman–Crippen MR) is 78.5 cm³/mol. The van der Waals surface area contributed by atoms with Crippen LogP contribution in [0.15, 0.2) is 6.07 Å². The van der Waals surface area contributed by atoms with Crippen molar-refractivity contribution in [3.8, 4) is 0 Å². The molecule has 0 unspecified atom stereocenters. The van der Waals surface area contributed by atoms with E-state index in [9.17, 15) is 0 Å². The van der Waals surface area contributed by atoms with E-state index in [4.69, 9.17) is 11.6 Å². The van der Waals surface area contributed by atoms with Crippen molar-refractivity contribution >= 4 is 17.4 Å². The lowest BCUT2D eigenvalue weighted by atomic mass is 9.96. The number of hydrogen-bond donors (Lipinski definition) is 0. The summed E-state index contributed by atoms with van der Waals surface area (Å²) in [5.41, 5.74) is -0.0888. The maximum absolute atomic E-state index is 6.13. The number of anilines is 1. The molecule has 0 bridgehead atoms. The highest BCUT2D eigenvalue weighted by molar-refractivity contribution is 6.29. The van der Waals surface area contributed by atoms with Crippen LogP contribution in [0, 0.1) is 0 Å². The summed E-state index contributed by atoms with van der Waals surface area (Å²) in [7, 11) is 0. The predicted octanol–water partition coefficient (Wildman–Crippen LogP) is 4.05. The Morgan fingerprint density at radius 3 is 2.33 bits per heavy atom. The van der Waals surface area contributed by atoms with E-state index in [-0.39, 0.29) is 5.41 Å². The first-order valence-electron chi connectivity index (χ1n) is 6.57. The molecule has 0 spiro atoms. The minimum atomic E-state index is -0.0888. The minimum Gasteiger partial charge on any atom is -0.354 e. The molecule has 0 saturated carbocycles. The van der Waals surface area contributed by atoms with Gasteiger partial charge in [-0.2, -0.15) is 0 Å². The molecule has 1 aromatic heterocycles. The SMILES string of the molecule is CCCN(c1cc(Cl)nc(C(C)(C)C)n1)C(C)C. The molecule has 0 aromatic carbocycles. The lowest BCUT2D eigenvalue weighted by Crippen LogP contribution is -2.33. The molecule has 0 amide bonds. The van der Waals surface area contributed by atoms with E-state index in [1.54, 1.807) is 0 Å². The summed E-state index contributed by atoms with van der Waals surface area (Å²) in [4.78, 5) is 11.3. The van der Waals surface area contributed by atoms with Crippen LogP contribution in [0.1, 0.15) is 53.8 Å². The molecule has 1 rings (SSSR count). The third-order valence-corrected chi connectivity index (χ3v) is 2.93. The molecule has 0 atom stereocenters. The quantitative estimate of drug-likeness (QED) is 0.772. The van der Waals surface area contributed by atoms with E-state index in [1.807, 2.05) is 6.07 Å². The van der Waals surface area contributed by atoms with Crippen molar-refractivity contribution in [3.05, 3.63) is 17.0 Å². The first-order chi connectivity index (χ1) is 8.25. The average molecular weight is 270 g/mol. The van der Waals surface area contributed by atoms with Gasteiger partial charge in [0.1, 0.15) is 16.8 Å². The molecule has 1 heterocycles. The lowest BCUT2D eigenvalue weighted by molar-refractivity contribution is 0.541. The maximum atomic E-state index is 6.13. The molecule has 0 aliphatic heterocycles. The summed E-state index contributed by atoms with van der Waals surface area (Å²) in [6, 6.07) is 2.26. The fourth-order valence-electron chi connectivity index (χ4n) is 1.77. The summed E-state index contributed by atoms with van der Waals surface area (Å²) in [6.45, 7) is 13.8. The van der Waals surface area contributed by atoms with Gasteiger partial charge in [0.15, 0.2) is 0 Å². The van der Waals surface area contributed by atoms with E-state index in [0.29, 0.717) is 11.2 Å². The fourth-order valence-corrected chi connectivity index (χ4v) is 1.94. The summed E-state index contributed by atoms with van der Waals surface area (Å²) in [6.07, 6.45) is 1.09. The molecule has 3 nitrogen and oxygen atoms in total. The first kappa shape index (κ1) is 15.2. The second-order valence-corrected chi connectivity index (χ2v) is 6.30. The molecule has 1 aromatic rings. The highest BCUT2D eigenvalue weighted by Crippen LogP contribution is 2.25. The van der Waals surface area contributed by atoms with Gasteiger partial charge in [0.2, 0.25) is 0 Å². The Labute approximate surface area is 116 Å². The van der Waals surface area contributed by atoms with E-state index < -0.39 is 0 Å². The van der Waals surface area contributed by atoms with E-state index in [0.717, 1.165) is 24.6 Å². The highest BCUT2D eigenvalue weighted by atomic mass is 35.5. The van der Waals surface area contributed by atoms with Crippen LogP contribution in [-0.4, -0.2) is 22.6 Å². The van der Waals surface area contributed by atoms with Crippen molar-refractivity contribution in [2.75, 3.05) is 11.4 Å². The molecule has 0 aliphatic rings. The highest BCUT2D eigenvalue weighted by Gasteiger charge is 2.21. The molecule has 4 heteroatoms. The molecular weight excluding hydrogens is 246 g/mol. The summed E-state index contributed by atoms with van der Waals surface area (Å²) in [5, 5.41) is 0.520. The summed E-state index contributed by atoms with van der Waals surface area (Å²) in [5.74, 6) is 1.73. The number of rotatable bonds is 4. The Morgan fingerprint density at radius 1 is 1.28 bits per heavy atom. The molecule has 18 heavy (non-hydrogen) atoms. The summed E-state index contributed by atoms with van der Waals surface area (Å²) < 4.78 is 0. The largest absolute Gasteiger partial charge is 0.354 e. The van der Waals surface area contributed by atoms with Gasteiger partial charge >= 0.3 is 0 Å². The third-order valence-electron chi connectivity index (χ3n) is 2.73. The number of nitrogens with zero attached hydrogens (tertiary/aromatic N) is 3. The number of aromatic nitrogens is 2. The van der Waals surface area contributed by atoms with Crippen molar-refractivity contribution in [3.63, 3.8) is 0 Å². The monoisotopic (exact) mass is 269 g/mol. The van der Waals surface area contributed by atoms with Crippen LogP contribution in [0.3, 0.4) is 0 Å². The summed E-state index contributed by atoms with van der Waals surface area (Å²) >= 11 is 6.13. The number of hydrogen-bond acceptors (Lipinski definition) is 3. The van der Waals surface area contributed by atoms with Crippen LogP contribution in [0.25, 0.3) is 0 Å². The van der Waals surface area contributed by atoms with Crippen LogP contribution in [0.2, 0.25) is 5.15 Å². The zero-order chi connectivity index (χ0) is 13.9. The van der Waals surface area contributed by atoms with Crippen molar-refractivity contribution in [2.24, 2.45) is 0 Å². The molecular formula is C14H24ClN3. The standard InChI is InChI=1S/C14H24ClN3/c1-7-8-18(10(2)3)12-9-11(15)16-13(17-12)14(4,5)6/h9-10H,7-8H2,1-6H3. The van der Waals surface area contributed by atoms with Gasteiger partial charge in [-0.05, 0) is 20.3 Å². The van der Waals surface area contributed by atoms with Gasteiger partial charge < -0.3 is 4.90 Å². The fraction of sp³-hybridized carbons (Fsp3) is 0.714. The molecule has 0 fully saturated rings. The topological polar surface area (TPSA) is 29.0 Å². The Bertz CT molecular complexity index is 397. The maximum Gasteiger partial charge on any atom is 0.137 e. The lowest BCUT2D eigenvalue weighted by Gasteiger charge is -2.29. The van der Waals surface area contributed by atoms with Crippen LogP contribution < -0.4 is 4.90 Å². The smallest absolute Gasteiger partial charge is 0.137 e.